The standard InChI is InChI=1S/C8H8N4O/c1-2-5-3-9-7-6(12-5)8(13)11-4-10-7/h3-4H,2H2,1H3,(H,9,10,11,13). The molecule has 0 unspecified atom stereocenters. The van der Waals surface area contributed by atoms with Crippen LogP contribution in [0, 0.1) is 0 Å². The van der Waals surface area contributed by atoms with Crippen molar-refractivity contribution in [2.24, 2.45) is 0 Å². The number of hydrogen-bond acceptors (Lipinski definition) is 4. The molecular formula is C8H8N4O. The summed E-state index contributed by atoms with van der Waals surface area (Å²) in [6.07, 6.45) is 3.72. The van der Waals surface area contributed by atoms with Gasteiger partial charge in [0.25, 0.3) is 5.56 Å². The molecule has 0 aliphatic rings. The largest absolute Gasteiger partial charge is 0.311 e. The number of H-pyrrole nitrogens is 1. The number of nitrogens with one attached hydrogen (secondary N) is 1. The van der Waals surface area contributed by atoms with Crippen molar-refractivity contribution in [3.63, 3.8) is 0 Å². The quantitative estimate of drug-likeness (QED) is 0.677. The van der Waals surface area contributed by atoms with Crippen LogP contribution in [0.25, 0.3) is 11.2 Å². The van der Waals surface area contributed by atoms with E-state index in [2.05, 4.69) is 19.9 Å². The summed E-state index contributed by atoms with van der Waals surface area (Å²) in [6, 6.07) is 0. The molecule has 5 nitrogen and oxygen atoms in total. The second-order valence-corrected chi connectivity index (χ2v) is 2.62. The van der Waals surface area contributed by atoms with Crippen molar-refractivity contribution in [2.45, 2.75) is 13.3 Å². The Hall–Kier alpha value is -1.78. The summed E-state index contributed by atoms with van der Waals surface area (Å²) in [5.74, 6) is 0. The lowest BCUT2D eigenvalue weighted by Gasteiger charge is -1.96. The van der Waals surface area contributed by atoms with E-state index in [0.29, 0.717) is 11.2 Å². The van der Waals surface area contributed by atoms with Crippen molar-refractivity contribution < 1.29 is 0 Å². The second kappa shape index (κ2) is 2.93. The van der Waals surface area contributed by atoms with Crippen LogP contribution in [0.15, 0.2) is 17.3 Å². The third-order valence-corrected chi connectivity index (χ3v) is 1.76. The Bertz CT molecular complexity index is 491. The predicted molar refractivity (Wildman–Crippen MR) is 47.3 cm³/mol. The van der Waals surface area contributed by atoms with Gasteiger partial charge in [0.15, 0.2) is 11.2 Å². The predicted octanol–water partition coefficient (Wildman–Crippen LogP) is 0.275. The van der Waals surface area contributed by atoms with Crippen LogP contribution in [-0.4, -0.2) is 19.9 Å². The molecule has 0 aromatic carbocycles. The van der Waals surface area contributed by atoms with Gasteiger partial charge in [-0.25, -0.2) is 15.0 Å². The highest BCUT2D eigenvalue weighted by molar-refractivity contribution is 5.67. The van der Waals surface area contributed by atoms with E-state index in [-0.39, 0.29) is 5.56 Å². The van der Waals surface area contributed by atoms with Gasteiger partial charge in [0.2, 0.25) is 0 Å². The molecule has 2 aromatic heterocycles. The van der Waals surface area contributed by atoms with Crippen molar-refractivity contribution in [1.29, 1.82) is 0 Å². The van der Waals surface area contributed by atoms with Gasteiger partial charge in [-0.1, -0.05) is 6.92 Å². The van der Waals surface area contributed by atoms with Crippen molar-refractivity contribution in [3.8, 4) is 0 Å². The van der Waals surface area contributed by atoms with Gasteiger partial charge in [0, 0.05) is 0 Å². The molecule has 2 aromatic rings. The molecule has 13 heavy (non-hydrogen) atoms. The molecule has 0 fully saturated rings. The monoisotopic (exact) mass is 176 g/mol. The van der Waals surface area contributed by atoms with E-state index >= 15 is 0 Å². The van der Waals surface area contributed by atoms with Crippen LogP contribution in [0.5, 0.6) is 0 Å². The van der Waals surface area contributed by atoms with Crippen molar-refractivity contribution in [2.75, 3.05) is 0 Å². The van der Waals surface area contributed by atoms with Crippen molar-refractivity contribution in [3.05, 3.63) is 28.6 Å². The lowest BCUT2D eigenvalue weighted by Crippen LogP contribution is -2.10. The summed E-state index contributed by atoms with van der Waals surface area (Å²) in [4.78, 5) is 25.7. The highest BCUT2D eigenvalue weighted by atomic mass is 16.1. The van der Waals surface area contributed by atoms with Gasteiger partial charge >= 0.3 is 0 Å². The van der Waals surface area contributed by atoms with Crippen LogP contribution in [-0.2, 0) is 6.42 Å². The minimum Gasteiger partial charge on any atom is -0.311 e. The summed E-state index contributed by atoms with van der Waals surface area (Å²) in [7, 11) is 0. The van der Waals surface area contributed by atoms with Gasteiger partial charge in [-0.15, -0.1) is 0 Å². The normalized spacial score (nSPS) is 10.5. The highest BCUT2D eigenvalue weighted by Crippen LogP contribution is 2.00. The molecule has 0 radical (unpaired) electrons. The molecule has 0 bridgehead atoms. The van der Waals surface area contributed by atoms with Gasteiger partial charge in [-0.2, -0.15) is 0 Å². The Morgan fingerprint density at radius 3 is 3.08 bits per heavy atom. The maximum absolute atomic E-state index is 11.2. The number of aryl methyl sites for hydroxylation is 1. The zero-order valence-electron chi connectivity index (χ0n) is 7.11. The Morgan fingerprint density at radius 2 is 2.31 bits per heavy atom. The third kappa shape index (κ3) is 1.28. The molecule has 66 valence electrons. The molecule has 2 rings (SSSR count). The number of nitrogens with zero attached hydrogens (tertiary/aromatic N) is 3. The molecular weight excluding hydrogens is 168 g/mol. The second-order valence-electron chi connectivity index (χ2n) is 2.62. The third-order valence-electron chi connectivity index (χ3n) is 1.76. The van der Waals surface area contributed by atoms with Crippen LogP contribution in [0.4, 0.5) is 0 Å². The number of rotatable bonds is 1. The van der Waals surface area contributed by atoms with Crippen LogP contribution >= 0.6 is 0 Å². The molecule has 0 saturated heterocycles. The average Bonchev–Trinajstić information content (AvgIpc) is 2.18. The summed E-state index contributed by atoms with van der Waals surface area (Å²) in [6.45, 7) is 1.96. The fourth-order valence-electron chi connectivity index (χ4n) is 1.06. The molecule has 2 heterocycles. The molecule has 5 heteroatoms. The van der Waals surface area contributed by atoms with Gasteiger partial charge in [0.1, 0.15) is 0 Å². The minimum atomic E-state index is -0.243. The van der Waals surface area contributed by atoms with Gasteiger partial charge in [-0.3, -0.25) is 4.79 Å². The van der Waals surface area contributed by atoms with Gasteiger partial charge < -0.3 is 4.98 Å². The molecule has 0 aliphatic heterocycles. The number of aromatic amines is 1. The van der Waals surface area contributed by atoms with Crippen LogP contribution in [0.2, 0.25) is 0 Å². The first-order valence-corrected chi connectivity index (χ1v) is 4.00. The van der Waals surface area contributed by atoms with Gasteiger partial charge in [-0.05, 0) is 6.42 Å². The van der Waals surface area contributed by atoms with E-state index < -0.39 is 0 Å². The summed E-state index contributed by atoms with van der Waals surface area (Å²) < 4.78 is 0. The van der Waals surface area contributed by atoms with Gasteiger partial charge in [0.05, 0.1) is 18.2 Å². The van der Waals surface area contributed by atoms with Crippen LogP contribution in [0.1, 0.15) is 12.6 Å². The van der Waals surface area contributed by atoms with Crippen LogP contribution in [0.3, 0.4) is 0 Å². The first kappa shape index (κ1) is 7.85. The first-order chi connectivity index (χ1) is 6.31. The Labute approximate surface area is 73.9 Å². The van der Waals surface area contributed by atoms with Crippen LogP contribution < -0.4 is 5.56 Å². The number of fused-ring (bicyclic) bond motifs is 1. The highest BCUT2D eigenvalue weighted by Gasteiger charge is 2.02. The van der Waals surface area contributed by atoms with E-state index in [0.717, 1.165) is 12.1 Å². The van der Waals surface area contributed by atoms with Crippen molar-refractivity contribution >= 4 is 11.2 Å². The minimum absolute atomic E-state index is 0.243. The summed E-state index contributed by atoms with van der Waals surface area (Å²) in [5, 5.41) is 0. The molecule has 0 amide bonds. The summed E-state index contributed by atoms with van der Waals surface area (Å²) in [5.41, 5.74) is 1.25. The Morgan fingerprint density at radius 1 is 1.46 bits per heavy atom. The van der Waals surface area contributed by atoms with Crippen molar-refractivity contribution in [1.82, 2.24) is 19.9 Å². The zero-order chi connectivity index (χ0) is 9.26. The number of hydrogen-bond donors (Lipinski definition) is 1. The van der Waals surface area contributed by atoms with E-state index in [9.17, 15) is 4.79 Å². The first-order valence-electron chi connectivity index (χ1n) is 4.00. The Balaban J connectivity index is 2.82. The Kier molecular flexibility index (Phi) is 1.77. The smallest absolute Gasteiger partial charge is 0.278 e. The van der Waals surface area contributed by atoms with E-state index in [1.807, 2.05) is 6.92 Å². The fourth-order valence-corrected chi connectivity index (χ4v) is 1.06. The zero-order valence-corrected chi connectivity index (χ0v) is 7.11. The SMILES string of the molecule is CCc1cnc2nc[nH]c(=O)c2n1. The molecule has 1 N–H and O–H groups in total. The number of aromatic nitrogens is 4. The topological polar surface area (TPSA) is 71.5 Å². The molecule has 0 aliphatic carbocycles. The van der Waals surface area contributed by atoms with E-state index in [1.165, 1.54) is 6.33 Å². The maximum atomic E-state index is 11.2. The molecule has 0 spiro atoms. The summed E-state index contributed by atoms with van der Waals surface area (Å²) >= 11 is 0. The maximum Gasteiger partial charge on any atom is 0.278 e. The average molecular weight is 176 g/mol. The molecule has 0 atom stereocenters. The van der Waals surface area contributed by atoms with E-state index in [4.69, 9.17) is 0 Å². The fraction of sp³-hybridized carbons (Fsp3) is 0.250. The van der Waals surface area contributed by atoms with E-state index in [1.54, 1.807) is 6.20 Å². The molecule has 0 saturated carbocycles. The lowest BCUT2D eigenvalue weighted by molar-refractivity contribution is 1.01. The lowest BCUT2D eigenvalue weighted by atomic mass is 10.3.